The van der Waals surface area contributed by atoms with Crippen LogP contribution < -0.4 is 5.32 Å². The summed E-state index contributed by atoms with van der Waals surface area (Å²) >= 11 is 1.67. The van der Waals surface area contributed by atoms with Crippen molar-refractivity contribution in [1.29, 1.82) is 0 Å². The number of halogens is 1. The van der Waals surface area contributed by atoms with E-state index in [2.05, 4.69) is 23.5 Å². The molecule has 0 fully saturated rings. The van der Waals surface area contributed by atoms with E-state index in [1.54, 1.807) is 23.5 Å². The number of benzene rings is 2. The summed E-state index contributed by atoms with van der Waals surface area (Å²) in [6.45, 7) is 0.437. The van der Waals surface area contributed by atoms with Crippen molar-refractivity contribution in [2.75, 3.05) is 6.54 Å². The molecule has 0 aliphatic heterocycles. The minimum atomic E-state index is -0.222. The van der Waals surface area contributed by atoms with Gasteiger partial charge in [0.1, 0.15) is 5.82 Å². The van der Waals surface area contributed by atoms with E-state index in [-0.39, 0.29) is 23.6 Å². The maximum Gasteiger partial charge on any atom is 0.224 e. The van der Waals surface area contributed by atoms with Crippen molar-refractivity contribution in [3.05, 3.63) is 77.1 Å². The van der Waals surface area contributed by atoms with Crippen LogP contribution in [-0.4, -0.2) is 17.4 Å². The van der Waals surface area contributed by atoms with E-state index in [1.807, 2.05) is 24.3 Å². The van der Waals surface area contributed by atoms with Gasteiger partial charge in [-0.25, -0.2) is 9.37 Å². The topological polar surface area (TPSA) is 42.0 Å². The summed E-state index contributed by atoms with van der Waals surface area (Å²) in [5.74, 6) is -0.225. The fourth-order valence-electron chi connectivity index (χ4n) is 3.58. The summed E-state index contributed by atoms with van der Waals surface area (Å²) in [4.78, 5) is 17.6. The lowest BCUT2D eigenvalue weighted by Gasteiger charge is -2.26. The molecule has 0 radical (unpaired) electrons. The molecule has 0 bridgehead atoms. The molecule has 5 heteroatoms. The Hall–Kier alpha value is -2.53. The Morgan fingerprint density at radius 2 is 1.89 bits per heavy atom. The number of amides is 1. The second-order valence-electron chi connectivity index (χ2n) is 6.81. The Balaban J connectivity index is 1.44. The first-order valence-electron chi connectivity index (χ1n) is 9.24. The molecule has 2 atom stereocenters. The highest BCUT2D eigenvalue weighted by Crippen LogP contribution is 2.38. The largest absolute Gasteiger partial charge is 0.355 e. The van der Waals surface area contributed by atoms with E-state index < -0.39 is 0 Å². The maximum atomic E-state index is 13.7. The number of nitrogens with one attached hydrogen (secondary N) is 1. The number of carbonyl (C=O) groups is 1. The highest BCUT2D eigenvalue weighted by atomic mass is 32.1. The SMILES string of the molecule is O=C(NCCc1ccccc1F)[C@H]1CC=CC[C@@H]1c1nc2ccccc2s1. The molecule has 0 saturated heterocycles. The van der Waals surface area contributed by atoms with E-state index in [4.69, 9.17) is 4.98 Å². The molecule has 2 aromatic carbocycles. The molecule has 1 aliphatic carbocycles. The van der Waals surface area contributed by atoms with Crippen LogP contribution in [0, 0.1) is 11.7 Å². The lowest BCUT2D eigenvalue weighted by Crippen LogP contribution is -2.36. The van der Waals surface area contributed by atoms with E-state index in [1.165, 1.54) is 6.07 Å². The van der Waals surface area contributed by atoms with Crippen LogP contribution in [0.3, 0.4) is 0 Å². The normalized spacial score (nSPS) is 19.3. The van der Waals surface area contributed by atoms with Gasteiger partial charge in [0.2, 0.25) is 5.91 Å². The van der Waals surface area contributed by atoms with Crippen LogP contribution >= 0.6 is 11.3 Å². The average Bonchev–Trinajstić information content (AvgIpc) is 3.13. The monoisotopic (exact) mass is 380 g/mol. The maximum absolute atomic E-state index is 13.7. The fraction of sp³-hybridized carbons (Fsp3) is 0.273. The van der Waals surface area contributed by atoms with Crippen LogP contribution in [0.2, 0.25) is 0 Å². The number of nitrogens with zero attached hydrogens (tertiary/aromatic N) is 1. The molecule has 3 aromatic rings. The molecule has 3 nitrogen and oxygen atoms in total. The first kappa shape index (κ1) is 17.9. The molecule has 1 aromatic heterocycles. The van der Waals surface area contributed by atoms with Gasteiger partial charge >= 0.3 is 0 Å². The highest BCUT2D eigenvalue weighted by molar-refractivity contribution is 7.18. The predicted octanol–water partition coefficient (Wildman–Crippen LogP) is 4.84. The summed E-state index contributed by atoms with van der Waals surface area (Å²) in [6.07, 6.45) is 6.24. The zero-order chi connectivity index (χ0) is 18.6. The number of rotatable bonds is 5. The highest BCUT2D eigenvalue weighted by Gasteiger charge is 2.32. The smallest absolute Gasteiger partial charge is 0.224 e. The first-order valence-corrected chi connectivity index (χ1v) is 10.1. The lowest BCUT2D eigenvalue weighted by molar-refractivity contribution is -0.125. The standard InChI is InChI=1S/C22H21FN2OS/c23-18-10-4-1-7-15(18)13-14-24-21(26)16-8-2-3-9-17(16)22-25-19-11-5-6-12-20(19)27-22/h1-7,10-12,16-17H,8-9,13-14H2,(H,24,26)/t16-,17-/m0/s1. The number of thiazole rings is 1. The van der Waals surface area contributed by atoms with Gasteiger partial charge in [-0.05, 0) is 43.0 Å². The Bertz CT molecular complexity index is 948. The molecule has 1 heterocycles. The Morgan fingerprint density at radius 3 is 2.74 bits per heavy atom. The van der Waals surface area contributed by atoms with Crippen molar-refractivity contribution in [2.24, 2.45) is 5.92 Å². The summed E-state index contributed by atoms with van der Waals surface area (Å²) in [6, 6.07) is 14.8. The molecule has 1 N–H and O–H groups in total. The number of fused-ring (bicyclic) bond motifs is 1. The van der Waals surface area contributed by atoms with Gasteiger partial charge in [-0.2, -0.15) is 0 Å². The molecule has 1 amide bonds. The van der Waals surface area contributed by atoms with Crippen molar-refractivity contribution in [3.63, 3.8) is 0 Å². The summed E-state index contributed by atoms with van der Waals surface area (Å²) < 4.78 is 14.9. The summed E-state index contributed by atoms with van der Waals surface area (Å²) in [5.41, 5.74) is 1.62. The van der Waals surface area contributed by atoms with Crippen LogP contribution in [0.25, 0.3) is 10.2 Å². The van der Waals surface area contributed by atoms with Crippen molar-refractivity contribution < 1.29 is 9.18 Å². The third kappa shape index (κ3) is 3.93. The Morgan fingerprint density at radius 1 is 1.11 bits per heavy atom. The first-order chi connectivity index (χ1) is 13.2. The van der Waals surface area contributed by atoms with Crippen LogP contribution in [0.5, 0.6) is 0 Å². The van der Waals surface area contributed by atoms with Crippen LogP contribution in [0.1, 0.15) is 29.3 Å². The van der Waals surface area contributed by atoms with Gasteiger partial charge in [0, 0.05) is 12.5 Å². The minimum absolute atomic E-state index is 0.0277. The molecule has 27 heavy (non-hydrogen) atoms. The quantitative estimate of drug-likeness (QED) is 0.643. The van der Waals surface area contributed by atoms with E-state index in [0.29, 0.717) is 24.9 Å². The number of para-hydroxylation sites is 1. The molecular formula is C22H21FN2OS. The minimum Gasteiger partial charge on any atom is -0.355 e. The van der Waals surface area contributed by atoms with Gasteiger partial charge in [0.25, 0.3) is 0 Å². The summed E-state index contributed by atoms with van der Waals surface area (Å²) in [5, 5.41) is 4.02. The van der Waals surface area contributed by atoms with Gasteiger partial charge in [-0.15, -0.1) is 11.3 Å². The zero-order valence-corrected chi connectivity index (χ0v) is 15.7. The third-order valence-electron chi connectivity index (χ3n) is 5.05. The van der Waals surface area contributed by atoms with E-state index >= 15 is 0 Å². The van der Waals surface area contributed by atoms with Gasteiger partial charge in [0.15, 0.2) is 0 Å². The van der Waals surface area contributed by atoms with Crippen molar-refractivity contribution >= 4 is 27.5 Å². The van der Waals surface area contributed by atoms with Gasteiger partial charge in [-0.3, -0.25) is 4.79 Å². The van der Waals surface area contributed by atoms with Crippen molar-refractivity contribution in [3.8, 4) is 0 Å². The van der Waals surface area contributed by atoms with Crippen LogP contribution in [0.4, 0.5) is 4.39 Å². The molecule has 0 spiro atoms. The zero-order valence-electron chi connectivity index (χ0n) is 14.9. The predicted molar refractivity (Wildman–Crippen MR) is 107 cm³/mol. The molecular weight excluding hydrogens is 359 g/mol. The fourth-order valence-corrected chi connectivity index (χ4v) is 4.72. The van der Waals surface area contributed by atoms with Gasteiger partial charge in [0.05, 0.1) is 21.1 Å². The number of hydrogen-bond donors (Lipinski definition) is 1. The van der Waals surface area contributed by atoms with Crippen molar-refractivity contribution in [1.82, 2.24) is 10.3 Å². The van der Waals surface area contributed by atoms with E-state index in [9.17, 15) is 9.18 Å². The van der Waals surface area contributed by atoms with Crippen LogP contribution in [0.15, 0.2) is 60.7 Å². The Kier molecular flexibility index (Phi) is 5.30. The number of hydrogen-bond acceptors (Lipinski definition) is 3. The van der Waals surface area contributed by atoms with Crippen molar-refractivity contribution in [2.45, 2.75) is 25.2 Å². The lowest BCUT2D eigenvalue weighted by atomic mass is 9.82. The third-order valence-corrected chi connectivity index (χ3v) is 6.22. The molecule has 0 unspecified atom stereocenters. The molecule has 138 valence electrons. The van der Waals surface area contributed by atoms with Gasteiger partial charge < -0.3 is 5.32 Å². The molecule has 0 saturated carbocycles. The Labute approximate surface area is 161 Å². The second-order valence-corrected chi connectivity index (χ2v) is 7.87. The second kappa shape index (κ2) is 8.01. The molecule has 4 rings (SSSR count). The molecule has 1 aliphatic rings. The number of aromatic nitrogens is 1. The average molecular weight is 380 g/mol. The summed E-state index contributed by atoms with van der Waals surface area (Å²) in [7, 11) is 0. The number of allylic oxidation sites excluding steroid dienone is 2. The van der Waals surface area contributed by atoms with E-state index in [0.717, 1.165) is 21.6 Å². The van der Waals surface area contributed by atoms with Crippen LogP contribution in [-0.2, 0) is 11.2 Å². The number of carbonyl (C=O) groups excluding carboxylic acids is 1. The van der Waals surface area contributed by atoms with Gasteiger partial charge in [-0.1, -0.05) is 42.5 Å².